The van der Waals surface area contributed by atoms with Crippen molar-refractivity contribution in [1.29, 1.82) is 0 Å². The van der Waals surface area contributed by atoms with E-state index < -0.39 is 17.8 Å². The summed E-state index contributed by atoms with van der Waals surface area (Å²) >= 11 is 0. The highest BCUT2D eigenvalue weighted by atomic mass is 16.6. The number of fused-ring (bicyclic) bond motifs is 2. The maximum absolute atomic E-state index is 10.1. The maximum Gasteiger partial charge on any atom is 0.120 e. The van der Waals surface area contributed by atoms with Crippen LogP contribution in [0.5, 0.6) is 0 Å². The van der Waals surface area contributed by atoms with Crippen molar-refractivity contribution in [2.24, 2.45) is 5.92 Å². The molecule has 5 atom stereocenters. The van der Waals surface area contributed by atoms with Crippen LogP contribution in [0.3, 0.4) is 0 Å². The van der Waals surface area contributed by atoms with E-state index in [-0.39, 0.29) is 18.1 Å². The molecule has 94 valence electrons. The number of ether oxygens (including phenoxy) is 2. The summed E-state index contributed by atoms with van der Waals surface area (Å²) in [6.07, 6.45) is 0.316. The van der Waals surface area contributed by atoms with E-state index in [1.54, 1.807) is 0 Å². The molecular weight excluding hydrogens is 208 g/mol. The molecule has 2 heterocycles. The van der Waals surface area contributed by atoms with E-state index in [1.807, 2.05) is 20.8 Å². The fraction of sp³-hybridized carbons (Fsp3) is 1.00. The Bertz CT molecular complexity index is 255. The van der Waals surface area contributed by atoms with E-state index >= 15 is 0 Å². The molecule has 0 aliphatic carbocycles. The van der Waals surface area contributed by atoms with Gasteiger partial charge in [-0.1, -0.05) is 6.92 Å². The van der Waals surface area contributed by atoms with Gasteiger partial charge >= 0.3 is 0 Å². The first-order valence-corrected chi connectivity index (χ1v) is 6.12. The highest BCUT2D eigenvalue weighted by Gasteiger charge is 2.56. The van der Waals surface area contributed by atoms with Crippen LogP contribution in [0.2, 0.25) is 0 Å². The minimum Gasteiger partial charge on any atom is -0.390 e. The van der Waals surface area contributed by atoms with Gasteiger partial charge in [0.15, 0.2) is 0 Å². The topological polar surface area (TPSA) is 58.9 Å². The van der Waals surface area contributed by atoms with Gasteiger partial charge in [-0.05, 0) is 26.7 Å². The zero-order valence-electron chi connectivity index (χ0n) is 10.2. The van der Waals surface area contributed by atoms with Gasteiger partial charge in [-0.25, -0.2) is 0 Å². The van der Waals surface area contributed by atoms with E-state index in [9.17, 15) is 10.2 Å². The van der Waals surface area contributed by atoms with Gasteiger partial charge in [-0.15, -0.1) is 0 Å². The molecule has 0 amide bonds. The molecule has 2 aliphatic heterocycles. The lowest BCUT2D eigenvalue weighted by molar-refractivity contribution is -0.236. The van der Waals surface area contributed by atoms with Crippen molar-refractivity contribution in [3.8, 4) is 0 Å². The second kappa shape index (κ2) is 4.26. The molecule has 0 aromatic rings. The molecule has 4 heteroatoms. The first-order chi connectivity index (χ1) is 7.46. The molecule has 2 fully saturated rings. The average molecular weight is 230 g/mol. The molecule has 4 nitrogen and oxygen atoms in total. The summed E-state index contributed by atoms with van der Waals surface area (Å²) in [6.45, 7) is 6.21. The van der Waals surface area contributed by atoms with E-state index in [0.717, 1.165) is 12.8 Å². The third-order valence-corrected chi connectivity index (χ3v) is 3.89. The minimum absolute atomic E-state index is 0.00433. The van der Waals surface area contributed by atoms with E-state index in [2.05, 4.69) is 0 Å². The number of hydrogen-bond acceptors (Lipinski definition) is 4. The molecule has 2 aliphatic rings. The lowest BCUT2D eigenvalue weighted by Gasteiger charge is -2.43. The fourth-order valence-electron chi connectivity index (χ4n) is 2.71. The summed E-state index contributed by atoms with van der Waals surface area (Å²) in [7, 11) is 0. The smallest absolute Gasteiger partial charge is 0.120 e. The van der Waals surface area contributed by atoms with Crippen LogP contribution in [0, 0.1) is 5.92 Å². The van der Waals surface area contributed by atoms with Gasteiger partial charge in [0.1, 0.15) is 11.7 Å². The van der Waals surface area contributed by atoms with Crippen LogP contribution in [-0.2, 0) is 9.47 Å². The first-order valence-electron chi connectivity index (χ1n) is 6.12. The Morgan fingerprint density at radius 1 is 1.44 bits per heavy atom. The van der Waals surface area contributed by atoms with Gasteiger partial charge in [0, 0.05) is 5.92 Å². The lowest BCUT2D eigenvalue weighted by atomic mass is 9.86. The molecule has 2 rings (SSSR count). The highest BCUT2D eigenvalue weighted by molar-refractivity contribution is 5.05. The minimum atomic E-state index is -0.833. The summed E-state index contributed by atoms with van der Waals surface area (Å²) in [5, 5.41) is 20.1. The van der Waals surface area contributed by atoms with Crippen molar-refractivity contribution in [2.45, 2.75) is 63.6 Å². The molecule has 16 heavy (non-hydrogen) atoms. The Balaban J connectivity index is 2.09. The van der Waals surface area contributed by atoms with Crippen LogP contribution in [-0.4, -0.2) is 46.8 Å². The number of rotatable bonds is 3. The monoisotopic (exact) mass is 230 g/mol. The van der Waals surface area contributed by atoms with Crippen molar-refractivity contribution in [3.05, 3.63) is 0 Å². The van der Waals surface area contributed by atoms with Gasteiger partial charge in [-0.3, -0.25) is 0 Å². The molecule has 0 aromatic carbocycles. The number of aliphatic hydroxyl groups excluding tert-OH is 2. The summed E-state index contributed by atoms with van der Waals surface area (Å²) in [4.78, 5) is 0. The van der Waals surface area contributed by atoms with Crippen LogP contribution < -0.4 is 0 Å². The molecular formula is C12H22O4. The summed E-state index contributed by atoms with van der Waals surface area (Å²) in [5.41, 5.74) is -0.680. The Morgan fingerprint density at radius 3 is 2.75 bits per heavy atom. The Labute approximate surface area is 96.6 Å². The Morgan fingerprint density at radius 2 is 2.12 bits per heavy atom. The zero-order valence-corrected chi connectivity index (χ0v) is 10.2. The van der Waals surface area contributed by atoms with Gasteiger partial charge < -0.3 is 19.7 Å². The predicted molar refractivity (Wildman–Crippen MR) is 59.1 cm³/mol. The van der Waals surface area contributed by atoms with Crippen LogP contribution in [0.25, 0.3) is 0 Å². The fourth-order valence-corrected chi connectivity index (χ4v) is 2.71. The molecule has 2 bridgehead atoms. The van der Waals surface area contributed by atoms with Crippen LogP contribution in [0.1, 0.15) is 33.6 Å². The molecule has 0 saturated carbocycles. The summed E-state index contributed by atoms with van der Waals surface area (Å²) in [6, 6.07) is 0. The third-order valence-electron chi connectivity index (χ3n) is 3.89. The van der Waals surface area contributed by atoms with Gasteiger partial charge in [0.25, 0.3) is 0 Å². The Hall–Kier alpha value is -0.160. The second-order valence-corrected chi connectivity index (χ2v) is 5.41. The molecule has 0 spiro atoms. The van der Waals surface area contributed by atoms with Crippen molar-refractivity contribution < 1.29 is 19.7 Å². The van der Waals surface area contributed by atoms with E-state index in [1.165, 1.54) is 0 Å². The normalized spacial score (nSPS) is 47.6. The van der Waals surface area contributed by atoms with Gasteiger partial charge in [0.05, 0.1) is 24.9 Å². The largest absolute Gasteiger partial charge is 0.390 e. The Kier molecular flexibility index (Phi) is 3.27. The summed E-state index contributed by atoms with van der Waals surface area (Å²) < 4.78 is 11.5. The SMILES string of the molecule is CC(C)OCC12CC[C@@H](O1)C(C)[C@@H](O)[C@H]2O. The highest BCUT2D eigenvalue weighted by Crippen LogP contribution is 2.44. The van der Waals surface area contributed by atoms with Crippen molar-refractivity contribution >= 4 is 0 Å². The molecule has 0 radical (unpaired) electrons. The van der Waals surface area contributed by atoms with Crippen molar-refractivity contribution in [1.82, 2.24) is 0 Å². The number of hydrogen-bond donors (Lipinski definition) is 2. The van der Waals surface area contributed by atoms with Crippen molar-refractivity contribution in [2.75, 3.05) is 6.61 Å². The van der Waals surface area contributed by atoms with Gasteiger partial charge in [-0.2, -0.15) is 0 Å². The number of aliphatic hydroxyl groups is 2. The molecule has 0 aromatic heterocycles. The predicted octanol–water partition coefficient (Wildman–Crippen LogP) is 0.701. The van der Waals surface area contributed by atoms with Crippen LogP contribution >= 0.6 is 0 Å². The average Bonchev–Trinajstić information content (AvgIpc) is 2.65. The van der Waals surface area contributed by atoms with Gasteiger partial charge in [0.2, 0.25) is 0 Å². The first kappa shape index (κ1) is 12.3. The molecule has 2 unspecified atom stereocenters. The van der Waals surface area contributed by atoms with E-state index in [4.69, 9.17) is 9.47 Å². The van der Waals surface area contributed by atoms with Crippen LogP contribution in [0.4, 0.5) is 0 Å². The molecule has 2 saturated heterocycles. The summed E-state index contributed by atoms with van der Waals surface area (Å²) in [5.74, 6) is 0.00433. The lowest BCUT2D eigenvalue weighted by Crippen LogP contribution is -2.59. The van der Waals surface area contributed by atoms with Crippen LogP contribution in [0.15, 0.2) is 0 Å². The standard InChI is InChI=1S/C12H22O4/c1-7(2)15-6-12-5-4-9(16-12)8(3)10(13)11(12)14/h7-11,13-14H,4-6H2,1-3H3/t8?,9-,10-,11-,12?/m1/s1. The zero-order chi connectivity index (χ0) is 11.9. The molecule has 2 N–H and O–H groups in total. The van der Waals surface area contributed by atoms with E-state index in [0.29, 0.717) is 6.61 Å². The third kappa shape index (κ3) is 1.88. The quantitative estimate of drug-likeness (QED) is 0.749. The maximum atomic E-state index is 10.1. The second-order valence-electron chi connectivity index (χ2n) is 5.41. The van der Waals surface area contributed by atoms with Crippen molar-refractivity contribution in [3.63, 3.8) is 0 Å².